The molecule has 2 aromatic heterocycles. The lowest BCUT2D eigenvalue weighted by Gasteiger charge is -2.27. The second-order valence-electron chi connectivity index (χ2n) is 15.3. The first-order valence-electron chi connectivity index (χ1n) is 20.1. The number of sulfone groups is 1. The maximum absolute atomic E-state index is 13.5. The van der Waals surface area contributed by atoms with Gasteiger partial charge in [-0.2, -0.15) is 0 Å². The molecule has 0 aliphatic carbocycles. The number of aryl methyl sites for hydroxylation is 4. The van der Waals surface area contributed by atoms with Crippen molar-refractivity contribution in [3.63, 3.8) is 0 Å². The van der Waals surface area contributed by atoms with Gasteiger partial charge in [0, 0.05) is 64.4 Å². The number of ether oxygens (including phenoxy) is 3. The van der Waals surface area contributed by atoms with E-state index in [0.717, 1.165) is 4.90 Å². The third-order valence-corrected chi connectivity index (χ3v) is 12.4. The van der Waals surface area contributed by atoms with E-state index in [1.807, 2.05) is 0 Å². The molecule has 19 nitrogen and oxygen atoms in total. The molecule has 330 valence electrons. The topological polar surface area (TPSA) is 236 Å². The number of unbranched alkanes of at least 4 members (excludes halogenated alkanes) is 2. The Balaban J connectivity index is 0.863. The van der Waals surface area contributed by atoms with Gasteiger partial charge in [0.05, 0.1) is 27.9 Å². The molecule has 20 heteroatoms. The molecule has 0 bridgehead atoms. The van der Waals surface area contributed by atoms with Crippen molar-refractivity contribution in [1.29, 1.82) is 0 Å². The average molecular weight is 884 g/mol. The number of amides is 5. The number of hydrogen-bond acceptors (Lipinski definition) is 13. The summed E-state index contributed by atoms with van der Waals surface area (Å²) < 4.78 is 49.1. The smallest absolute Gasteiger partial charge is 0.328 e. The number of carbonyl (C=O) groups excluding carboxylic acids is 6. The molecule has 1 saturated heterocycles. The summed E-state index contributed by atoms with van der Waals surface area (Å²) >= 11 is 0. The highest BCUT2D eigenvalue weighted by atomic mass is 32.2. The van der Waals surface area contributed by atoms with Crippen molar-refractivity contribution >= 4 is 56.2 Å². The van der Waals surface area contributed by atoms with Gasteiger partial charge in [-0.05, 0) is 56.5 Å². The van der Waals surface area contributed by atoms with E-state index in [4.69, 9.17) is 14.2 Å². The van der Waals surface area contributed by atoms with Gasteiger partial charge in [0.1, 0.15) is 41.5 Å². The Labute approximate surface area is 360 Å². The van der Waals surface area contributed by atoms with E-state index in [2.05, 4.69) is 15.6 Å². The number of nitrogens with zero attached hydrogens (tertiary/aromatic N) is 5. The van der Waals surface area contributed by atoms with Gasteiger partial charge in [0.25, 0.3) is 17.7 Å². The summed E-state index contributed by atoms with van der Waals surface area (Å²) in [5, 5.41) is 4.79. The molecule has 0 radical (unpaired) electrons. The van der Waals surface area contributed by atoms with Gasteiger partial charge in [-0.3, -0.25) is 48.1 Å². The Kier molecular flexibility index (Phi) is 12.6. The zero-order valence-electron chi connectivity index (χ0n) is 35.0. The second kappa shape index (κ2) is 18.1. The maximum atomic E-state index is 13.5. The minimum atomic E-state index is -3.91. The summed E-state index contributed by atoms with van der Waals surface area (Å²) in [6.07, 6.45) is 3.42. The van der Waals surface area contributed by atoms with Crippen LogP contribution in [0.2, 0.25) is 0 Å². The Morgan fingerprint density at radius 1 is 0.857 bits per heavy atom. The summed E-state index contributed by atoms with van der Waals surface area (Å²) in [5.41, 5.74) is 1.07. The van der Waals surface area contributed by atoms with Crippen molar-refractivity contribution in [1.82, 2.24) is 34.2 Å². The molecule has 2 aliphatic rings. The first-order valence-corrected chi connectivity index (χ1v) is 21.7. The summed E-state index contributed by atoms with van der Waals surface area (Å²) in [5.74, 6) is -2.26. The molecule has 63 heavy (non-hydrogen) atoms. The SMILES string of the molecule is Cc1nc(S(=O)(=O)Cc2cc3c(cc2Oc2cccc(OCC(=O)CCCCCNC(=O)COc4cccc5c4C(=O)N(C4CCC(=O)NC4=O)C5=O)c2)n(C)c(=O)n3C)cn1C. The van der Waals surface area contributed by atoms with Gasteiger partial charge in [-0.1, -0.05) is 18.6 Å². The third kappa shape index (κ3) is 9.40. The molecule has 2 N–H and O–H groups in total. The van der Waals surface area contributed by atoms with Gasteiger partial charge >= 0.3 is 5.69 Å². The number of imide groups is 2. The fourth-order valence-corrected chi connectivity index (χ4v) is 8.75. The highest BCUT2D eigenvalue weighted by Crippen LogP contribution is 2.35. The largest absolute Gasteiger partial charge is 0.486 e. The number of Topliss-reactive ketones (excluding diaryl/α,β-unsaturated/α-hetero) is 1. The molecule has 1 fully saturated rings. The molecule has 0 saturated carbocycles. The van der Waals surface area contributed by atoms with Crippen LogP contribution in [-0.4, -0.2) is 93.1 Å². The first-order chi connectivity index (χ1) is 30.0. The van der Waals surface area contributed by atoms with Crippen molar-refractivity contribution in [2.75, 3.05) is 19.8 Å². The minimum absolute atomic E-state index is 0.0109. The van der Waals surface area contributed by atoms with E-state index < -0.39 is 57.8 Å². The van der Waals surface area contributed by atoms with Crippen molar-refractivity contribution < 1.29 is 51.4 Å². The highest BCUT2D eigenvalue weighted by Gasteiger charge is 2.46. The molecule has 2 aliphatic heterocycles. The number of imidazole rings is 2. The number of fused-ring (bicyclic) bond motifs is 2. The maximum Gasteiger partial charge on any atom is 0.328 e. The number of hydrogen-bond donors (Lipinski definition) is 2. The lowest BCUT2D eigenvalue weighted by Crippen LogP contribution is -2.54. The fraction of sp³-hybridized carbons (Fsp3) is 0.349. The quantitative estimate of drug-likeness (QED) is 0.0953. The fourth-order valence-electron chi connectivity index (χ4n) is 7.37. The number of carbonyl (C=O) groups is 6. The van der Waals surface area contributed by atoms with Gasteiger partial charge < -0.3 is 24.1 Å². The summed E-state index contributed by atoms with van der Waals surface area (Å²) in [6, 6.07) is 13.1. The van der Waals surface area contributed by atoms with E-state index in [1.165, 1.54) is 33.5 Å². The van der Waals surface area contributed by atoms with E-state index in [-0.39, 0.29) is 65.0 Å². The number of rotatable bonds is 18. The van der Waals surface area contributed by atoms with E-state index in [9.17, 15) is 42.0 Å². The number of ketones is 1. The average Bonchev–Trinajstić information content (AvgIpc) is 3.80. The van der Waals surface area contributed by atoms with Crippen LogP contribution in [0.3, 0.4) is 0 Å². The zero-order chi connectivity index (χ0) is 45.2. The van der Waals surface area contributed by atoms with Crippen LogP contribution in [0.1, 0.15) is 70.6 Å². The molecule has 0 spiro atoms. The normalized spacial score (nSPS) is 15.1. The second-order valence-corrected chi connectivity index (χ2v) is 17.3. The van der Waals surface area contributed by atoms with Gasteiger partial charge in [-0.25, -0.2) is 18.2 Å². The predicted octanol–water partition coefficient (Wildman–Crippen LogP) is 2.79. The van der Waals surface area contributed by atoms with Crippen LogP contribution in [-0.2, 0) is 55.9 Å². The lowest BCUT2D eigenvalue weighted by atomic mass is 10.0. The number of piperidine rings is 1. The number of benzene rings is 3. The van der Waals surface area contributed by atoms with Crippen LogP contribution in [0.5, 0.6) is 23.0 Å². The minimum Gasteiger partial charge on any atom is -0.486 e. The molecular formula is C43H45N7O12S. The summed E-state index contributed by atoms with van der Waals surface area (Å²) in [4.78, 5) is 93.2. The predicted molar refractivity (Wildman–Crippen MR) is 224 cm³/mol. The van der Waals surface area contributed by atoms with Gasteiger partial charge in [-0.15, -0.1) is 0 Å². The Hall–Kier alpha value is -7.09. The third-order valence-electron chi connectivity index (χ3n) is 10.9. The molecule has 3 aromatic carbocycles. The van der Waals surface area contributed by atoms with Crippen molar-refractivity contribution in [2.24, 2.45) is 21.1 Å². The molecule has 1 atom stereocenters. The molecule has 5 amide bonds. The molecule has 4 heterocycles. The molecule has 1 unspecified atom stereocenters. The summed E-state index contributed by atoms with van der Waals surface area (Å²) in [7, 11) is 1.01. The standard InChI is InChI=1S/C43H45N7O12S/c1-25-45-38(21-47(25)2)63(58,59)24-26-18-32-33(49(4)43(57)48(32)3)20-35(26)62-29-12-8-11-28(19-29)60-22-27(51)10-6-5-7-17-44-37(53)23-61-34-14-9-13-30-39(34)42(56)50(41(30)55)31-15-16-36(52)46-40(31)54/h8-9,11-14,18-21,31H,5-7,10,15-17,22-24H2,1-4H3,(H,44,53)(H,46,52,54). The monoisotopic (exact) mass is 883 g/mol. The Morgan fingerprint density at radius 2 is 1.59 bits per heavy atom. The van der Waals surface area contributed by atoms with Gasteiger partial charge in [0.15, 0.2) is 17.4 Å². The van der Waals surface area contributed by atoms with E-state index in [0.29, 0.717) is 59.7 Å². The van der Waals surface area contributed by atoms with Gasteiger partial charge in [0.2, 0.25) is 21.7 Å². The van der Waals surface area contributed by atoms with Crippen LogP contribution in [0, 0.1) is 6.92 Å². The van der Waals surface area contributed by atoms with Crippen molar-refractivity contribution in [3.8, 4) is 23.0 Å². The van der Waals surface area contributed by atoms with E-state index in [1.54, 1.807) is 69.0 Å². The first kappa shape index (κ1) is 44.0. The number of nitrogens with one attached hydrogen (secondary N) is 2. The zero-order valence-corrected chi connectivity index (χ0v) is 35.8. The Morgan fingerprint density at radius 3 is 2.32 bits per heavy atom. The number of aromatic nitrogens is 4. The molecule has 5 aromatic rings. The molecular weight excluding hydrogens is 839 g/mol. The Bertz CT molecular complexity index is 2840. The van der Waals surface area contributed by atoms with Crippen LogP contribution >= 0.6 is 0 Å². The summed E-state index contributed by atoms with van der Waals surface area (Å²) in [6.45, 7) is 1.37. The van der Waals surface area contributed by atoms with E-state index >= 15 is 0 Å². The van der Waals surface area contributed by atoms with Crippen molar-refractivity contribution in [3.05, 3.63) is 93.8 Å². The van der Waals surface area contributed by atoms with Crippen LogP contribution in [0.25, 0.3) is 11.0 Å². The lowest BCUT2D eigenvalue weighted by molar-refractivity contribution is -0.136. The highest BCUT2D eigenvalue weighted by molar-refractivity contribution is 7.90. The molecule has 7 rings (SSSR count). The van der Waals surface area contributed by atoms with Crippen LogP contribution < -0.4 is 30.5 Å². The van der Waals surface area contributed by atoms with Crippen molar-refractivity contribution in [2.45, 2.75) is 62.3 Å². The van der Waals surface area contributed by atoms with Crippen LogP contribution in [0.15, 0.2) is 70.6 Å². The van der Waals surface area contributed by atoms with Crippen LogP contribution in [0.4, 0.5) is 0 Å².